The van der Waals surface area contributed by atoms with Crippen molar-refractivity contribution in [1.29, 1.82) is 0 Å². The molecule has 3 heterocycles. The Morgan fingerprint density at radius 2 is 2.26 bits per heavy atom. The number of piperidine rings is 1. The predicted octanol–water partition coefficient (Wildman–Crippen LogP) is 3.28. The quantitative estimate of drug-likeness (QED) is 0.870. The van der Waals surface area contributed by atoms with Crippen LogP contribution in [0.25, 0.3) is 0 Å². The highest BCUT2D eigenvalue weighted by molar-refractivity contribution is 5.84. The van der Waals surface area contributed by atoms with Crippen LogP contribution in [0.2, 0.25) is 0 Å². The molecule has 1 saturated heterocycles. The number of amides is 1. The highest BCUT2D eigenvalue weighted by Crippen LogP contribution is 2.28. The summed E-state index contributed by atoms with van der Waals surface area (Å²) in [6.07, 6.45) is 7.05. The third-order valence-corrected chi connectivity index (χ3v) is 4.78. The van der Waals surface area contributed by atoms with Gasteiger partial charge in [0, 0.05) is 24.5 Å². The molecule has 0 spiro atoms. The molecule has 0 aromatic carbocycles. The average molecular weight is 315 g/mol. The van der Waals surface area contributed by atoms with Crippen molar-refractivity contribution in [3.8, 4) is 0 Å². The van der Waals surface area contributed by atoms with Gasteiger partial charge in [0.2, 0.25) is 5.91 Å². The highest BCUT2D eigenvalue weighted by atomic mass is 16.3. The number of nitrogens with zero attached hydrogens (tertiary/aromatic N) is 3. The molecule has 2 atom stereocenters. The zero-order valence-corrected chi connectivity index (χ0v) is 14.2. The average Bonchev–Trinajstić information content (AvgIpc) is 3.16. The first-order valence-electron chi connectivity index (χ1n) is 8.41. The van der Waals surface area contributed by atoms with Gasteiger partial charge in [0.25, 0.3) is 0 Å². The molecule has 2 aromatic rings. The molecule has 0 saturated carbocycles. The lowest BCUT2D eigenvalue weighted by atomic mass is 9.95. The third kappa shape index (κ3) is 3.33. The van der Waals surface area contributed by atoms with E-state index in [1.165, 1.54) is 6.42 Å². The molecule has 1 aliphatic rings. The second kappa shape index (κ2) is 6.60. The molecule has 1 fully saturated rings. The van der Waals surface area contributed by atoms with Crippen LogP contribution in [0.5, 0.6) is 0 Å². The summed E-state index contributed by atoms with van der Waals surface area (Å²) in [5.41, 5.74) is 1.01. The summed E-state index contributed by atoms with van der Waals surface area (Å²) in [6, 6.07) is 4.14. The molecule has 2 aromatic heterocycles. The van der Waals surface area contributed by atoms with Crippen LogP contribution in [0.1, 0.15) is 49.2 Å². The van der Waals surface area contributed by atoms with Gasteiger partial charge in [-0.05, 0) is 52.2 Å². The van der Waals surface area contributed by atoms with E-state index < -0.39 is 0 Å². The minimum absolute atomic E-state index is 0.161. The summed E-state index contributed by atoms with van der Waals surface area (Å²) in [7, 11) is 0. The van der Waals surface area contributed by atoms with E-state index >= 15 is 0 Å². The van der Waals surface area contributed by atoms with Gasteiger partial charge in [-0.1, -0.05) is 0 Å². The van der Waals surface area contributed by atoms with Crippen molar-refractivity contribution in [2.45, 2.75) is 58.5 Å². The van der Waals surface area contributed by atoms with Crippen LogP contribution in [0, 0.1) is 13.8 Å². The van der Waals surface area contributed by atoms with Gasteiger partial charge in [0.05, 0.1) is 18.5 Å². The third-order valence-electron chi connectivity index (χ3n) is 4.78. The normalized spacial score (nSPS) is 19.8. The molecular formula is C18H25N3O2. The molecule has 0 unspecified atom stereocenters. The first kappa shape index (κ1) is 15.8. The van der Waals surface area contributed by atoms with Crippen LogP contribution < -0.4 is 0 Å². The lowest BCUT2D eigenvalue weighted by molar-refractivity contribution is -0.136. The van der Waals surface area contributed by atoms with E-state index in [1.54, 1.807) is 6.20 Å². The Hall–Kier alpha value is -2.04. The highest BCUT2D eigenvalue weighted by Gasteiger charge is 2.31. The number of likely N-dealkylation sites (tertiary alicyclic amines) is 1. The molecule has 124 valence electrons. The second-order valence-corrected chi connectivity index (χ2v) is 6.50. The number of hydrogen-bond acceptors (Lipinski definition) is 3. The molecule has 1 aliphatic heterocycles. The van der Waals surface area contributed by atoms with Crippen LogP contribution in [0.4, 0.5) is 0 Å². The number of rotatable bonds is 4. The topological polar surface area (TPSA) is 51.3 Å². The summed E-state index contributed by atoms with van der Waals surface area (Å²) >= 11 is 0. The standard InChI is InChI=1S/C18H25N3O2/c1-13-11-17(15(3)23-13)14(2)18(22)21-10-5-4-7-16(21)12-20-9-6-8-19-20/h6,8-9,11,14,16H,4-5,7,10,12H2,1-3H3/t14-,16+/m0/s1. The SMILES string of the molecule is Cc1cc([C@H](C)C(=O)N2CCCC[C@@H]2Cn2cccn2)c(C)o1. The zero-order valence-electron chi connectivity index (χ0n) is 14.2. The van der Waals surface area contributed by atoms with Crippen molar-refractivity contribution in [2.75, 3.05) is 6.54 Å². The molecule has 5 nitrogen and oxygen atoms in total. The smallest absolute Gasteiger partial charge is 0.230 e. The van der Waals surface area contributed by atoms with Crippen LogP contribution in [0.3, 0.4) is 0 Å². The van der Waals surface area contributed by atoms with E-state index in [-0.39, 0.29) is 17.9 Å². The lowest BCUT2D eigenvalue weighted by Gasteiger charge is -2.37. The first-order chi connectivity index (χ1) is 11.1. The van der Waals surface area contributed by atoms with Gasteiger partial charge in [-0.3, -0.25) is 9.48 Å². The van der Waals surface area contributed by atoms with Gasteiger partial charge in [0.1, 0.15) is 11.5 Å². The Balaban J connectivity index is 1.76. The van der Waals surface area contributed by atoms with Gasteiger partial charge in [-0.15, -0.1) is 0 Å². The van der Waals surface area contributed by atoms with Gasteiger partial charge in [-0.2, -0.15) is 5.10 Å². The first-order valence-corrected chi connectivity index (χ1v) is 8.41. The van der Waals surface area contributed by atoms with Crippen LogP contribution >= 0.6 is 0 Å². The van der Waals surface area contributed by atoms with Crippen molar-refractivity contribution >= 4 is 5.91 Å². The molecule has 1 amide bonds. The van der Waals surface area contributed by atoms with E-state index in [0.29, 0.717) is 0 Å². The van der Waals surface area contributed by atoms with Crippen molar-refractivity contribution in [2.24, 2.45) is 0 Å². The number of carbonyl (C=O) groups excluding carboxylic acids is 1. The zero-order chi connectivity index (χ0) is 16.4. The van der Waals surface area contributed by atoms with Gasteiger partial charge >= 0.3 is 0 Å². The maximum absolute atomic E-state index is 13.1. The molecule has 0 aliphatic carbocycles. The molecular weight excluding hydrogens is 290 g/mol. The van der Waals surface area contributed by atoms with Gasteiger partial charge in [-0.25, -0.2) is 0 Å². The van der Waals surface area contributed by atoms with E-state index in [1.807, 2.05) is 43.8 Å². The fourth-order valence-corrected chi connectivity index (χ4v) is 3.57. The van der Waals surface area contributed by atoms with Gasteiger partial charge in [0.15, 0.2) is 0 Å². The molecule has 5 heteroatoms. The monoisotopic (exact) mass is 315 g/mol. The van der Waals surface area contributed by atoms with Crippen LogP contribution in [0.15, 0.2) is 28.9 Å². The molecule has 0 radical (unpaired) electrons. The lowest BCUT2D eigenvalue weighted by Crippen LogP contribution is -2.47. The summed E-state index contributed by atoms with van der Waals surface area (Å²) in [5.74, 6) is 1.75. The summed E-state index contributed by atoms with van der Waals surface area (Å²) in [6.45, 7) is 7.46. The Morgan fingerprint density at radius 1 is 1.43 bits per heavy atom. The molecule has 23 heavy (non-hydrogen) atoms. The Morgan fingerprint density at radius 3 is 2.91 bits per heavy atom. The number of furan rings is 1. The minimum atomic E-state index is -0.161. The fourth-order valence-electron chi connectivity index (χ4n) is 3.57. The Bertz CT molecular complexity index is 660. The minimum Gasteiger partial charge on any atom is -0.466 e. The van der Waals surface area contributed by atoms with E-state index in [2.05, 4.69) is 10.00 Å². The largest absolute Gasteiger partial charge is 0.466 e. The number of carbonyl (C=O) groups is 1. The number of hydrogen-bond donors (Lipinski definition) is 0. The number of aryl methyl sites for hydroxylation is 2. The predicted molar refractivity (Wildman–Crippen MR) is 88.2 cm³/mol. The Kier molecular flexibility index (Phi) is 4.55. The van der Waals surface area contributed by atoms with E-state index in [9.17, 15) is 4.79 Å². The molecule has 3 rings (SSSR count). The Labute approximate surface area is 137 Å². The second-order valence-electron chi connectivity index (χ2n) is 6.50. The maximum Gasteiger partial charge on any atom is 0.230 e. The van der Waals surface area contributed by atoms with Crippen LogP contribution in [-0.4, -0.2) is 33.2 Å². The molecule has 0 bridgehead atoms. The molecule has 0 N–H and O–H groups in total. The summed E-state index contributed by atoms with van der Waals surface area (Å²) in [5, 5.41) is 4.29. The van der Waals surface area contributed by atoms with Crippen molar-refractivity contribution in [3.63, 3.8) is 0 Å². The van der Waals surface area contributed by atoms with Crippen molar-refractivity contribution in [3.05, 3.63) is 41.6 Å². The van der Waals surface area contributed by atoms with E-state index in [4.69, 9.17) is 4.42 Å². The fraction of sp³-hybridized carbons (Fsp3) is 0.556. The number of aromatic nitrogens is 2. The van der Waals surface area contributed by atoms with Crippen molar-refractivity contribution < 1.29 is 9.21 Å². The van der Waals surface area contributed by atoms with E-state index in [0.717, 1.165) is 43.0 Å². The maximum atomic E-state index is 13.1. The van der Waals surface area contributed by atoms with Gasteiger partial charge < -0.3 is 9.32 Å². The summed E-state index contributed by atoms with van der Waals surface area (Å²) < 4.78 is 7.53. The van der Waals surface area contributed by atoms with Crippen LogP contribution in [-0.2, 0) is 11.3 Å². The van der Waals surface area contributed by atoms with Crippen molar-refractivity contribution in [1.82, 2.24) is 14.7 Å². The summed E-state index contributed by atoms with van der Waals surface area (Å²) in [4.78, 5) is 15.1.